The molecule has 9 heteroatoms. The summed E-state index contributed by atoms with van der Waals surface area (Å²) < 4.78 is 23.8. The highest BCUT2D eigenvalue weighted by atomic mass is 32.1. The van der Waals surface area contributed by atoms with Crippen molar-refractivity contribution >= 4 is 28.8 Å². The molecule has 170 valence electrons. The molecule has 0 aliphatic carbocycles. The number of halogens is 1. The van der Waals surface area contributed by atoms with Gasteiger partial charge in [-0.1, -0.05) is 0 Å². The maximum Gasteiger partial charge on any atom is 0.231 e. The molecular weight excluding hydrogens is 445 g/mol. The van der Waals surface area contributed by atoms with Gasteiger partial charge < -0.3 is 19.7 Å². The first-order valence-electron chi connectivity index (χ1n) is 10.7. The molecule has 1 fully saturated rings. The molecule has 1 aromatic heterocycles. The Morgan fingerprint density at radius 2 is 1.85 bits per heavy atom. The number of benzene rings is 2. The lowest BCUT2D eigenvalue weighted by atomic mass is 9.95. The summed E-state index contributed by atoms with van der Waals surface area (Å²) in [5.74, 6) is 0.801. The molecule has 2 aliphatic heterocycles. The second-order valence-corrected chi connectivity index (χ2v) is 8.90. The number of ether oxygens (including phenoxy) is 2. The normalized spacial score (nSPS) is 15.5. The van der Waals surface area contributed by atoms with E-state index >= 15 is 0 Å². The topological polar surface area (TPSA) is 80.8 Å². The van der Waals surface area contributed by atoms with E-state index in [1.165, 1.54) is 23.5 Å². The van der Waals surface area contributed by atoms with Gasteiger partial charge in [0.2, 0.25) is 18.6 Å². The molecule has 5 rings (SSSR count). The quantitative estimate of drug-likeness (QED) is 0.611. The Labute approximate surface area is 194 Å². The third-order valence-corrected chi connectivity index (χ3v) is 6.77. The van der Waals surface area contributed by atoms with Crippen molar-refractivity contribution < 1.29 is 23.5 Å². The smallest absolute Gasteiger partial charge is 0.231 e. The van der Waals surface area contributed by atoms with Gasteiger partial charge in [-0.25, -0.2) is 9.37 Å². The molecule has 1 N–H and O–H groups in total. The molecule has 3 aromatic rings. The summed E-state index contributed by atoms with van der Waals surface area (Å²) in [5, 5.41) is 5.56. The maximum atomic E-state index is 13.1. The van der Waals surface area contributed by atoms with E-state index in [0.29, 0.717) is 48.8 Å². The van der Waals surface area contributed by atoms with Crippen molar-refractivity contribution in [3.63, 3.8) is 0 Å². The van der Waals surface area contributed by atoms with Gasteiger partial charge in [0.15, 0.2) is 11.5 Å². The summed E-state index contributed by atoms with van der Waals surface area (Å²) in [6.07, 6.45) is 1.44. The van der Waals surface area contributed by atoms with Gasteiger partial charge in [0.25, 0.3) is 0 Å². The van der Waals surface area contributed by atoms with Crippen LogP contribution in [-0.2, 0) is 16.0 Å². The van der Waals surface area contributed by atoms with E-state index < -0.39 is 0 Å². The Kier molecular flexibility index (Phi) is 5.95. The van der Waals surface area contributed by atoms with Crippen LogP contribution in [0.15, 0.2) is 47.8 Å². The number of anilines is 1. The van der Waals surface area contributed by atoms with Crippen LogP contribution in [0.25, 0.3) is 10.6 Å². The van der Waals surface area contributed by atoms with Gasteiger partial charge in [-0.15, -0.1) is 11.3 Å². The fourth-order valence-electron chi connectivity index (χ4n) is 3.99. The predicted octanol–water partition coefficient (Wildman–Crippen LogP) is 4.10. The van der Waals surface area contributed by atoms with Crippen LogP contribution >= 0.6 is 11.3 Å². The second-order valence-electron chi connectivity index (χ2n) is 8.04. The lowest BCUT2D eigenvalue weighted by molar-refractivity contribution is -0.133. The molecule has 0 atom stereocenters. The van der Waals surface area contributed by atoms with Gasteiger partial charge in [0, 0.05) is 41.7 Å². The molecular formula is C24H22FN3O4S. The predicted molar refractivity (Wildman–Crippen MR) is 122 cm³/mol. The Hall–Kier alpha value is -3.46. The maximum absolute atomic E-state index is 13.1. The van der Waals surface area contributed by atoms with Gasteiger partial charge in [0.05, 0.1) is 12.1 Å². The van der Waals surface area contributed by atoms with Crippen LogP contribution in [0.3, 0.4) is 0 Å². The molecule has 7 nitrogen and oxygen atoms in total. The standard InChI is InChI=1S/C24H22FN3O4S/c25-17-3-1-16(2-4-17)24-27-19(13-33-24)12-22(29)28-9-7-15(8-10-28)23(30)26-18-5-6-20-21(11-18)32-14-31-20/h1-6,11,13,15H,7-10,12,14H2,(H,26,30). The summed E-state index contributed by atoms with van der Waals surface area (Å²) in [6.45, 7) is 1.26. The molecule has 2 amide bonds. The lowest BCUT2D eigenvalue weighted by Gasteiger charge is -2.31. The minimum Gasteiger partial charge on any atom is -0.454 e. The van der Waals surface area contributed by atoms with Crippen LogP contribution in [0.1, 0.15) is 18.5 Å². The minimum absolute atomic E-state index is 0.000542. The highest BCUT2D eigenvalue weighted by Crippen LogP contribution is 2.34. The molecule has 1 saturated heterocycles. The molecule has 0 radical (unpaired) electrons. The van der Waals surface area contributed by atoms with Crippen LogP contribution in [0.5, 0.6) is 11.5 Å². The van der Waals surface area contributed by atoms with Crippen molar-refractivity contribution in [2.24, 2.45) is 5.92 Å². The number of carbonyl (C=O) groups is 2. The van der Waals surface area contributed by atoms with Crippen molar-refractivity contribution in [1.82, 2.24) is 9.88 Å². The fourth-order valence-corrected chi connectivity index (χ4v) is 4.82. The molecule has 2 aliphatic rings. The first kappa shape index (κ1) is 21.4. The number of amides is 2. The van der Waals surface area contributed by atoms with E-state index in [-0.39, 0.29) is 36.8 Å². The number of aromatic nitrogens is 1. The van der Waals surface area contributed by atoms with Crippen LogP contribution in [0.2, 0.25) is 0 Å². The molecule has 0 saturated carbocycles. The van der Waals surface area contributed by atoms with E-state index in [4.69, 9.17) is 9.47 Å². The number of nitrogens with one attached hydrogen (secondary N) is 1. The third kappa shape index (κ3) is 4.83. The van der Waals surface area contributed by atoms with Crippen molar-refractivity contribution in [3.05, 3.63) is 59.4 Å². The Bertz CT molecular complexity index is 1170. The number of fused-ring (bicyclic) bond motifs is 1. The number of carbonyl (C=O) groups excluding carboxylic acids is 2. The van der Waals surface area contributed by atoms with Crippen molar-refractivity contribution in [2.75, 3.05) is 25.2 Å². The Morgan fingerprint density at radius 3 is 2.64 bits per heavy atom. The molecule has 0 unspecified atom stereocenters. The zero-order valence-electron chi connectivity index (χ0n) is 17.8. The highest BCUT2D eigenvalue weighted by Gasteiger charge is 2.28. The summed E-state index contributed by atoms with van der Waals surface area (Å²) in [6, 6.07) is 11.5. The van der Waals surface area contributed by atoms with E-state index in [1.54, 1.807) is 35.2 Å². The summed E-state index contributed by atoms with van der Waals surface area (Å²) in [4.78, 5) is 31.7. The minimum atomic E-state index is -0.293. The molecule has 33 heavy (non-hydrogen) atoms. The number of thiazole rings is 1. The van der Waals surface area contributed by atoms with E-state index in [0.717, 1.165) is 10.6 Å². The number of rotatable bonds is 5. The Balaban J connectivity index is 1.12. The molecule has 3 heterocycles. The average Bonchev–Trinajstić information content (AvgIpc) is 3.49. The summed E-state index contributed by atoms with van der Waals surface area (Å²) in [7, 11) is 0. The number of hydrogen-bond donors (Lipinski definition) is 1. The van der Waals surface area contributed by atoms with Crippen LogP contribution in [0, 0.1) is 11.7 Å². The summed E-state index contributed by atoms with van der Waals surface area (Å²) >= 11 is 1.44. The monoisotopic (exact) mass is 467 g/mol. The third-order valence-electron chi connectivity index (χ3n) is 5.83. The largest absolute Gasteiger partial charge is 0.454 e. The van der Waals surface area contributed by atoms with Gasteiger partial charge >= 0.3 is 0 Å². The van der Waals surface area contributed by atoms with Gasteiger partial charge in [-0.2, -0.15) is 0 Å². The Morgan fingerprint density at radius 1 is 1.09 bits per heavy atom. The van der Waals surface area contributed by atoms with Gasteiger partial charge in [-0.3, -0.25) is 9.59 Å². The van der Waals surface area contributed by atoms with Gasteiger partial charge in [0.1, 0.15) is 10.8 Å². The van der Waals surface area contributed by atoms with Crippen molar-refractivity contribution in [3.8, 4) is 22.1 Å². The average molecular weight is 468 g/mol. The lowest BCUT2D eigenvalue weighted by Crippen LogP contribution is -2.42. The van der Waals surface area contributed by atoms with Crippen molar-refractivity contribution in [1.29, 1.82) is 0 Å². The highest BCUT2D eigenvalue weighted by molar-refractivity contribution is 7.13. The van der Waals surface area contributed by atoms with E-state index in [1.807, 2.05) is 5.38 Å². The van der Waals surface area contributed by atoms with Gasteiger partial charge in [-0.05, 0) is 49.2 Å². The summed E-state index contributed by atoms with van der Waals surface area (Å²) in [5.41, 5.74) is 2.20. The first-order valence-corrected chi connectivity index (χ1v) is 11.6. The van der Waals surface area contributed by atoms with E-state index in [9.17, 15) is 14.0 Å². The first-order chi connectivity index (χ1) is 16.0. The number of likely N-dealkylation sites (tertiary alicyclic amines) is 1. The zero-order valence-corrected chi connectivity index (χ0v) is 18.6. The zero-order chi connectivity index (χ0) is 22.8. The second kappa shape index (κ2) is 9.19. The fraction of sp³-hybridized carbons (Fsp3) is 0.292. The van der Waals surface area contributed by atoms with Crippen LogP contribution in [0.4, 0.5) is 10.1 Å². The van der Waals surface area contributed by atoms with Crippen molar-refractivity contribution in [2.45, 2.75) is 19.3 Å². The number of piperidine rings is 1. The number of nitrogens with zero attached hydrogens (tertiary/aromatic N) is 2. The number of hydrogen-bond acceptors (Lipinski definition) is 6. The van der Waals surface area contributed by atoms with Crippen LogP contribution < -0.4 is 14.8 Å². The SMILES string of the molecule is O=C(Nc1ccc2c(c1)OCO2)C1CCN(C(=O)Cc2csc(-c3ccc(F)cc3)n2)CC1. The van der Waals surface area contributed by atoms with E-state index in [2.05, 4.69) is 10.3 Å². The van der Waals surface area contributed by atoms with Crippen LogP contribution in [-0.4, -0.2) is 41.6 Å². The molecule has 0 spiro atoms. The molecule has 2 aromatic carbocycles. The molecule has 0 bridgehead atoms.